The van der Waals surface area contributed by atoms with Gasteiger partial charge in [-0.1, -0.05) is 306 Å². The average molecular weight is 1170 g/mol. The van der Waals surface area contributed by atoms with Crippen molar-refractivity contribution in [2.75, 3.05) is 47.5 Å². The molecule has 9 heteroatoms. The Labute approximate surface area is 514 Å². The van der Waals surface area contributed by atoms with Crippen LogP contribution in [0.2, 0.25) is 0 Å². The van der Waals surface area contributed by atoms with E-state index in [9.17, 15) is 19.5 Å². The zero-order valence-corrected chi connectivity index (χ0v) is 55.6. The molecule has 0 aliphatic rings. The molecule has 486 valence electrons. The van der Waals surface area contributed by atoms with Crippen molar-refractivity contribution in [3.63, 3.8) is 0 Å². The molecule has 0 fully saturated rings. The van der Waals surface area contributed by atoms with Gasteiger partial charge in [0, 0.05) is 12.8 Å². The van der Waals surface area contributed by atoms with Crippen LogP contribution >= 0.6 is 0 Å². The molecule has 0 amide bonds. The van der Waals surface area contributed by atoms with E-state index in [0.717, 1.165) is 44.9 Å². The van der Waals surface area contributed by atoms with Crippen molar-refractivity contribution in [2.24, 2.45) is 0 Å². The van der Waals surface area contributed by atoms with Gasteiger partial charge in [-0.25, -0.2) is 0 Å². The number of ether oxygens (including phenoxy) is 4. The van der Waals surface area contributed by atoms with Crippen molar-refractivity contribution in [3.8, 4) is 0 Å². The smallest absolute Gasteiger partial charge is 0.306 e. The van der Waals surface area contributed by atoms with E-state index in [-0.39, 0.29) is 32.2 Å². The van der Waals surface area contributed by atoms with Crippen LogP contribution in [-0.4, -0.2) is 82.3 Å². The standard InChI is InChI=1S/C74H137NO8/c1-6-8-10-12-14-16-18-20-22-24-26-28-30-32-33-34-35-36-37-38-39-41-43-45-47-49-51-53-55-57-59-61-63-65-72(77)83-70(69-82-74(73(78)79)80-67-66-75(3,4)5)68-81-71(76)64-62-60-58-56-54-52-50-48-46-44-42-40-31-29-27-25-23-21-19-17-15-13-11-9-7-2/h18,20,24-27,30,32,70,74H,6-17,19,21-23,28-29,31,33-69H2,1-5H3/b20-18-,26-24-,27-25-,32-30-. The Morgan fingerprint density at radius 2 is 0.651 bits per heavy atom. The highest BCUT2D eigenvalue weighted by atomic mass is 16.7. The Kier molecular flexibility index (Phi) is 63.1. The van der Waals surface area contributed by atoms with Gasteiger partial charge in [-0.15, -0.1) is 0 Å². The summed E-state index contributed by atoms with van der Waals surface area (Å²) in [4.78, 5) is 37.5. The van der Waals surface area contributed by atoms with Gasteiger partial charge < -0.3 is 33.3 Å². The number of likely N-dealkylation sites (N-methyl/N-ethyl adjacent to an activating group) is 1. The highest BCUT2D eigenvalue weighted by Crippen LogP contribution is 2.18. The summed E-state index contributed by atoms with van der Waals surface area (Å²) in [5.41, 5.74) is 0. The topological polar surface area (TPSA) is 111 Å². The van der Waals surface area contributed by atoms with Crippen LogP contribution in [0.5, 0.6) is 0 Å². The van der Waals surface area contributed by atoms with Crippen LogP contribution in [0.4, 0.5) is 0 Å². The number of carboxylic acid groups (broad SMARTS) is 1. The Morgan fingerprint density at radius 1 is 0.361 bits per heavy atom. The number of aliphatic carboxylic acids is 1. The van der Waals surface area contributed by atoms with Gasteiger partial charge in [-0.2, -0.15) is 0 Å². The fraction of sp³-hybridized carbons (Fsp3) is 0.851. The summed E-state index contributed by atoms with van der Waals surface area (Å²) in [5.74, 6) is -2.26. The lowest BCUT2D eigenvalue weighted by Gasteiger charge is -2.26. The zero-order valence-electron chi connectivity index (χ0n) is 55.6. The minimum atomic E-state index is -1.62. The van der Waals surface area contributed by atoms with E-state index >= 15 is 0 Å². The average Bonchev–Trinajstić information content (AvgIpc) is 3.46. The third-order valence-electron chi connectivity index (χ3n) is 16.0. The molecule has 0 rings (SSSR count). The van der Waals surface area contributed by atoms with Gasteiger partial charge in [-0.05, 0) is 77.0 Å². The lowest BCUT2D eigenvalue weighted by molar-refractivity contribution is -0.870. The summed E-state index contributed by atoms with van der Waals surface area (Å²) in [7, 11) is 5.94. The molecule has 2 unspecified atom stereocenters. The van der Waals surface area contributed by atoms with Crippen LogP contribution in [0.3, 0.4) is 0 Å². The lowest BCUT2D eigenvalue weighted by atomic mass is 10.0. The van der Waals surface area contributed by atoms with Crippen LogP contribution in [0, 0.1) is 0 Å². The third kappa shape index (κ3) is 66.6. The highest BCUT2D eigenvalue weighted by Gasteiger charge is 2.22. The second-order valence-corrected chi connectivity index (χ2v) is 25.5. The van der Waals surface area contributed by atoms with E-state index in [1.54, 1.807) is 0 Å². The maximum atomic E-state index is 12.9. The first kappa shape index (κ1) is 80.2. The number of esters is 2. The Bertz CT molecular complexity index is 1500. The molecule has 0 saturated heterocycles. The highest BCUT2D eigenvalue weighted by molar-refractivity contribution is 5.70. The molecule has 2 atom stereocenters. The van der Waals surface area contributed by atoms with Crippen molar-refractivity contribution in [1.82, 2.24) is 0 Å². The molecule has 0 aliphatic carbocycles. The van der Waals surface area contributed by atoms with E-state index in [1.807, 2.05) is 21.1 Å². The Morgan fingerprint density at radius 3 is 0.976 bits per heavy atom. The third-order valence-corrected chi connectivity index (χ3v) is 16.0. The van der Waals surface area contributed by atoms with Crippen molar-refractivity contribution < 1.29 is 42.9 Å². The molecular formula is C74H137NO8. The van der Waals surface area contributed by atoms with Crippen molar-refractivity contribution >= 4 is 17.9 Å². The van der Waals surface area contributed by atoms with E-state index in [2.05, 4.69) is 62.5 Å². The van der Waals surface area contributed by atoms with Gasteiger partial charge in [0.25, 0.3) is 0 Å². The summed E-state index contributed by atoms with van der Waals surface area (Å²) in [6, 6.07) is 0. The van der Waals surface area contributed by atoms with Crippen LogP contribution in [0.15, 0.2) is 48.6 Å². The number of hydrogen-bond donors (Lipinski definition) is 0. The minimum Gasteiger partial charge on any atom is -0.545 e. The molecule has 0 aromatic carbocycles. The molecular weight excluding hydrogens is 1030 g/mol. The zero-order chi connectivity index (χ0) is 60.5. The van der Waals surface area contributed by atoms with Gasteiger partial charge in [0.2, 0.25) is 0 Å². The molecule has 0 aromatic rings. The van der Waals surface area contributed by atoms with Gasteiger partial charge in [0.1, 0.15) is 13.2 Å². The largest absolute Gasteiger partial charge is 0.545 e. The van der Waals surface area contributed by atoms with Crippen LogP contribution < -0.4 is 5.11 Å². The second kappa shape index (κ2) is 65.2. The van der Waals surface area contributed by atoms with Crippen molar-refractivity contribution in [2.45, 2.75) is 360 Å². The van der Waals surface area contributed by atoms with Gasteiger partial charge in [-0.3, -0.25) is 9.59 Å². The van der Waals surface area contributed by atoms with E-state index in [1.165, 1.54) is 270 Å². The number of allylic oxidation sites excluding steroid dienone is 8. The van der Waals surface area contributed by atoms with Crippen LogP contribution in [0.1, 0.15) is 348 Å². The van der Waals surface area contributed by atoms with Crippen molar-refractivity contribution in [1.29, 1.82) is 0 Å². The quantitative estimate of drug-likeness (QED) is 0.0195. The fourth-order valence-corrected chi connectivity index (χ4v) is 10.5. The first-order valence-electron chi connectivity index (χ1n) is 35.8. The molecule has 9 nitrogen and oxygen atoms in total. The van der Waals surface area contributed by atoms with Gasteiger partial charge in [0.15, 0.2) is 12.4 Å². The maximum absolute atomic E-state index is 12.9. The molecule has 0 aromatic heterocycles. The first-order chi connectivity index (χ1) is 40.6. The molecule has 0 radical (unpaired) electrons. The number of carbonyl (C=O) groups is 3. The number of unbranched alkanes of at least 4 members (excludes halogenated alkanes) is 44. The number of carboxylic acids is 1. The van der Waals surface area contributed by atoms with Crippen LogP contribution in [-0.2, 0) is 33.3 Å². The molecule has 0 saturated carbocycles. The Hall–Kier alpha value is -2.75. The number of rotatable bonds is 67. The second-order valence-electron chi connectivity index (χ2n) is 25.5. The molecule has 0 N–H and O–H groups in total. The predicted molar refractivity (Wildman–Crippen MR) is 352 cm³/mol. The van der Waals surface area contributed by atoms with E-state index in [4.69, 9.17) is 18.9 Å². The monoisotopic (exact) mass is 1170 g/mol. The fourth-order valence-electron chi connectivity index (χ4n) is 10.5. The number of nitrogens with zero attached hydrogens (tertiary/aromatic N) is 1. The molecule has 0 aliphatic heterocycles. The van der Waals surface area contributed by atoms with Gasteiger partial charge >= 0.3 is 11.9 Å². The summed E-state index contributed by atoms with van der Waals surface area (Å²) >= 11 is 0. The molecule has 0 bridgehead atoms. The minimum absolute atomic E-state index is 0.149. The molecule has 83 heavy (non-hydrogen) atoms. The Balaban J connectivity index is 4.06. The normalized spacial score (nSPS) is 12.9. The SMILES string of the molecule is CCCCCCC/C=C\C/C=C\C/C=C\CCCCCCCCCCCCCCCCCCCCC(=O)OC(COC(=O)CCCCCCCCCCCCCCC/C=C\CCCCCCCCCC)COC(OCC[N+](C)(C)C)C(=O)[O-]. The van der Waals surface area contributed by atoms with Crippen LogP contribution in [0.25, 0.3) is 0 Å². The number of quaternary nitrogens is 1. The molecule has 0 heterocycles. The van der Waals surface area contributed by atoms with E-state index < -0.39 is 24.3 Å². The predicted octanol–water partition coefficient (Wildman–Crippen LogP) is 20.8. The summed E-state index contributed by atoms with van der Waals surface area (Å²) in [6.45, 7) is 4.79. The summed E-state index contributed by atoms with van der Waals surface area (Å²) in [5, 5.41) is 11.8. The van der Waals surface area contributed by atoms with Gasteiger partial charge in [0.05, 0.1) is 40.3 Å². The number of carbonyl (C=O) groups excluding carboxylic acids is 3. The lowest BCUT2D eigenvalue weighted by Crippen LogP contribution is -2.44. The summed E-state index contributed by atoms with van der Waals surface area (Å²) in [6.07, 6.45) is 80.5. The first-order valence-corrected chi connectivity index (χ1v) is 35.8. The summed E-state index contributed by atoms with van der Waals surface area (Å²) < 4.78 is 22.8. The number of hydrogen-bond acceptors (Lipinski definition) is 8. The van der Waals surface area contributed by atoms with E-state index in [0.29, 0.717) is 23.9 Å². The maximum Gasteiger partial charge on any atom is 0.306 e. The molecule has 0 spiro atoms. The van der Waals surface area contributed by atoms with Crippen molar-refractivity contribution in [3.05, 3.63) is 48.6 Å².